The molecule has 2 bridgehead atoms. The molecule has 0 aromatic carbocycles. The first kappa shape index (κ1) is 8.53. The Bertz CT molecular complexity index is 252. The van der Waals surface area contributed by atoms with Gasteiger partial charge in [0.1, 0.15) is 0 Å². The predicted molar refractivity (Wildman–Crippen MR) is 45.0 cm³/mol. The number of fused-ring (bicyclic) bond motifs is 2. The zero-order chi connectivity index (χ0) is 9.59. The van der Waals surface area contributed by atoms with E-state index in [-0.39, 0.29) is 23.7 Å². The number of piperidine rings is 2. The van der Waals surface area contributed by atoms with E-state index in [9.17, 15) is 9.59 Å². The molecule has 3 rings (SSSR count). The maximum Gasteiger partial charge on any atom is 0.307 e. The van der Waals surface area contributed by atoms with Crippen molar-refractivity contribution < 1.29 is 14.7 Å². The second-order valence-electron chi connectivity index (χ2n) is 4.04. The van der Waals surface area contributed by atoms with E-state index >= 15 is 0 Å². The van der Waals surface area contributed by atoms with Crippen LogP contribution in [0.15, 0.2) is 0 Å². The van der Waals surface area contributed by atoms with Crippen molar-refractivity contribution in [2.45, 2.75) is 13.3 Å². The maximum atomic E-state index is 11.0. The van der Waals surface area contributed by atoms with Crippen molar-refractivity contribution >= 4 is 11.9 Å². The molecule has 1 aliphatic carbocycles. The van der Waals surface area contributed by atoms with Gasteiger partial charge >= 0.3 is 5.97 Å². The number of rotatable bonds is 1. The molecule has 3 fully saturated rings. The molecule has 0 aromatic heterocycles. The molecule has 1 N–H and O–H groups in total. The Morgan fingerprint density at radius 2 is 1.85 bits per heavy atom. The Morgan fingerprint density at radius 3 is 2.23 bits per heavy atom. The molecule has 2 saturated heterocycles. The molecule has 1 amide bonds. The molecule has 0 radical (unpaired) electrons. The number of carbonyl (C=O) groups excluding carboxylic acids is 1. The van der Waals surface area contributed by atoms with Crippen LogP contribution < -0.4 is 0 Å². The van der Waals surface area contributed by atoms with Crippen LogP contribution in [0.3, 0.4) is 0 Å². The summed E-state index contributed by atoms with van der Waals surface area (Å²) in [5.74, 6) is -0.390. The van der Waals surface area contributed by atoms with Gasteiger partial charge < -0.3 is 10.0 Å². The molecule has 3 atom stereocenters. The third-order valence-electron chi connectivity index (χ3n) is 3.26. The number of amides is 1. The first-order valence-corrected chi connectivity index (χ1v) is 4.58. The number of aliphatic carboxylic acids is 1. The van der Waals surface area contributed by atoms with Gasteiger partial charge in [0.2, 0.25) is 5.91 Å². The summed E-state index contributed by atoms with van der Waals surface area (Å²) in [6.45, 7) is 2.83. The largest absolute Gasteiger partial charge is 0.481 e. The summed E-state index contributed by atoms with van der Waals surface area (Å²) < 4.78 is 0. The lowest BCUT2D eigenvalue weighted by Gasteiger charge is -2.51. The average molecular weight is 183 g/mol. The fraction of sp³-hybridized carbons (Fsp3) is 0.778. The van der Waals surface area contributed by atoms with Gasteiger partial charge in [-0.1, -0.05) is 0 Å². The minimum Gasteiger partial charge on any atom is -0.481 e. The van der Waals surface area contributed by atoms with Crippen molar-refractivity contribution in [3.05, 3.63) is 0 Å². The van der Waals surface area contributed by atoms with E-state index in [0.29, 0.717) is 13.1 Å². The predicted octanol–water partition coefficient (Wildman–Crippen LogP) is 0.185. The minimum atomic E-state index is -0.690. The Kier molecular flexibility index (Phi) is 1.78. The molecule has 3 aliphatic rings. The molecule has 1 unspecified atom stereocenters. The standard InChI is InChI=1S/C9H13NO3/c1-5(11)10-3-6-2-7(4-10)8(6)9(12)13/h6-8H,2-4H2,1H3,(H,12,13)/t6-,7+,8?. The zero-order valence-electron chi connectivity index (χ0n) is 7.56. The van der Waals surface area contributed by atoms with E-state index in [1.165, 1.54) is 0 Å². The molecule has 1 saturated carbocycles. The molecular weight excluding hydrogens is 170 g/mol. The van der Waals surface area contributed by atoms with Crippen LogP contribution in [0, 0.1) is 17.8 Å². The highest BCUT2D eigenvalue weighted by Crippen LogP contribution is 2.45. The van der Waals surface area contributed by atoms with Gasteiger partial charge in [-0.2, -0.15) is 0 Å². The zero-order valence-corrected chi connectivity index (χ0v) is 7.56. The number of hydrogen-bond donors (Lipinski definition) is 1. The fourth-order valence-corrected chi connectivity index (χ4v) is 2.55. The molecule has 4 heteroatoms. The van der Waals surface area contributed by atoms with E-state index in [2.05, 4.69) is 0 Å². The molecule has 0 spiro atoms. The van der Waals surface area contributed by atoms with Crippen LogP contribution in [0.5, 0.6) is 0 Å². The Balaban J connectivity index is 2.02. The molecule has 72 valence electrons. The number of carboxylic acid groups (broad SMARTS) is 1. The first-order valence-electron chi connectivity index (χ1n) is 4.58. The van der Waals surface area contributed by atoms with Crippen molar-refractivity contribution in [3.63, 3.8) is 0 Å². The van der Waals surface area contributed by atoms with E-state index in [4.69, 9.17) is 5.11 Å². The van der Waals surface area contributed by atoms with Gasteiger partial charge in [0.15, 0.2) is 0 Å². The quantitative estimate of drug-likeness (QED) is 0.631. The highest BCUT2D eigenvalue weighted by Gasteiger charge is 2.50. The third-order valence-corrected chi connectivity index (χ3v) is 3.26. The van der Waals surface area contributed by atoms with E-state index in [0.717, 1.165) is 6.42 Å². The van der Waals surface area contributed by atoms with E-state index in [1.54, 1.807) is 11.8 Å². The summed E-state index contributed by atoms with van der Waals surface area (Å²) in [6.07, 6.45) is 0.987. The first-order chi connectivity index (χ1) is 6.09. The molecule has 2 heterocycles. The molecule has 0 aromatic rings. The van der Waals surface area contributed by atoms with Gasteiger partial charge in [-0.3, -0.25) is 9.59 Å². The van der Waals surface area contributed by atoms with Gasteiger partial charge in [-0.25, -0.2) is 0 Å². The highest BCUT2D eigenvalue weighted by atomic mass is 16.4. The minimum absolute atomic E-state index is 0.0681. The van der Waals surface area contributed by atoms with Crippen molar-refractivity contribution in [3.8, 4) is 0 Å². The summed E-state index contributed by atoms with van der Waals surface area (Å²) in [7, 11) is 0. The van der Waals surface area contributed by atoms with E-state index < -0.39 is 5.97 Å². The van der Waals surface area contributed by atoms with Crippen LogP contribution in [0.1, 0.15) is 13.3 Å². The Labute approximate surface area is 76.5 Å². The molecule has 2 aliphatic heterocycles. The van der Waals surface area contributed by atoms with E-state index in [1.807, 2.05) is 0 Å². The highest BCUT2D eigenvalue weighted by molar-refractivity contribution is 5.76. The fourth-order valence-electron chi connectivity index (χ4n) is 2.55. The lowest BCUT2D eigenvalue weighted by atomic mass is 9.61. The van der Waals surface area contributed by atoms with Gasteiger partial charge in [0.25, 0.3) is 0 Å². The van der Waals surface area contributed by atoms with Gasteiger partial charge in [0.05, 0.1) is 5.92 Å². The van der Waals surface area contributed by atoms with Crippen LogP contribution in [0.4, 0.5) is 0 Å². The van der Waals surface area contributed by atoms with Crippen LogP contribution in [0.25, 0.3) is 0 Å². The monoisotopic (exact) mass is 183 g/mol. The van der Waals surface area contributed by atoms with Crippen molar-refractivity contribution in [1.82, 2.24) is 4.90 Å². The maximum absolute atomic E-state index is 11.0. The van der Waals surface area contributed by atoms with Gasteiger partial charge in [-0.05, 0) is 18.3 Å². The summed E-state index contributed by atoms with van der Waals surface area (Å²) in [4.78, 5) is 23.6. The molecular formula is C9H13NO3. The van der Waals surface area contributed by atoms with Crippen LogP contribution in [-0.4, -0.2) is 35.0 Å². The number of hydrogen-bond acceptors (Lipinski definition) is 2. The van der Waals surface area contributed by atoms with Crippen LogP contribution >= 0.6 is 0 Å². The lowest BCUT2D eigenvalue weighted by Crippen LogP contribution is -2.58. The summed E-state index contributed by atoms with van der Waals surface area (Å²) in [5, 5.41) is 8.86. The molecule has 13 heavy (non-hydrogen) atoms. The van der Waals surface area contributed by atoms with Crippen LogP contribution in [-0.2, 0) is 9.59 Å². The second kappa shape index (κ2) is 2.72. The Hall–Kier alpha value is -1.06. The number of carboxylic acids is 1. The average Bonchev–Trinajstić information content (AvgIpc) is 2.03. The van der Waals surface area contributed by atoms with Crippen molar-refractivity contribution in [2.75, 3.05) is 13.1 Å². The summed E-state index contributed by atoms with van der Waals surface area (Å²) >= 11 is 0. The Morgan fingerprint density at radius 1 is 1.31 bits per heavy atom. The molecule has 4 nitrogen and oxygen atoms in total. The smallest absolute Gasteiger partial charge is 0.307 e. The number of carbonyl (C=O) groups is 2. The second-order valence-corrected chi connectivity index (χ2v) is 4.04. The number of nitrogens with zero attached hydrogens (tertiary/aromatic N) is 1. The summed E-state index contributed by atoms with van der Waals surface area (Å²) in [6, 6.07) is 0. The van der Waals surface area contributed by atoms with Crippen molar-refractivity contribution in [2.24, 2.45) is 17.8 Å². The topological polar surface area (TPSA) is 57.6 Å². The van der Waals surface area contributed by atoms with Crippen LogP contribution in [0.2, 0.25) is 0 Å². The summed E-state index contributed by atoms with van der Waals surface area (Å²) in [5.41, 5.74) is 0. The van der Waals surface area contributed by atoms with Gasteiger partial charge in [0, 0.05) is 20.0 Å². The third kappa shape index (κ3) is 1.20. The van der Waals surface area contributed by atoms with Crippen molar-refractivity contribution in [1.29, 1.82) is 0 Å². The SMILES string of the molecule is CC(=O)N1C[C@H]2C[C@@H](C1)C2C(=O)O. The lowest BCUT2D eigenvalue weighted by molar-refractivity contribution is -0.163. The van der Waals surface area contributed by atoms with Gasteiger partial charge in [-0.15, -0.1) is 0 Å². The normalized spacial score (nSPS) is 36.7.